The number of thiazole rings is 1. The van der Waals surface area contributed by atoms with Crippen molar-refractivity contribution in [2.24, 2.45) is 0 Å². The Bertz CT molecular complexity index is 1490. The Balaban J connectivity index is 1.53. The predicted molar refractivity (Wildman–Crippen MR) is 148 cm³/mol. The van der Waals surface area contributed by atoms with Crippen molar-refractivity contribution in [3.05, 3.63) is 47.2 Å². The molecular formula is C27H30N8O3S. The number of hydrogen-bond acceptors (Lipinski definition) is 9. The maximum atomic E-state index is 13.2. The van der Waals surface area contributed by atoms with Crippen LogP contribution in [0.3, 0.4) is 0 Å². The SMILES string of the molecule is CCNC(=O)Nc1cc(-c2nc(C)c(C(=O)NC3CCCCC3)s2)c(-c2cncc(-c3nnc(C)o3)c2)cn1. The first-order chi connectivity index (χ1) is 18.9. The van der Waals surface area contributed by atoms with E-state index < -0.39 is 0 Å². The predicted octanol–water partition coefficient (Wildman–Crippen LogP) is 5.14. The molecule has 4 aromatic heterocycles. The molecule has 12 heteroatoms. The summed E-state index contributed by atoms with van der Waals surface area (Å²) in [4.78, 5) is 39.5. The van der Waals surface area contributed by atoms with Gasteiger partial charge in [0.1, 0.15) is 15.7 Å². The molecule has 0 aliphatic heterocycles. The van der Waals surface area contributed by atoms with Gasteiger partial charge in [-0.25, -0.2) is 14.8 Å². The first-order valence-electron chi connectivity index (χ1n) is 13.0. The van der Waals surface area contributed by atoms with E-state index in [1.165, 1.54) is 17.8 Å². The Morgan fingerprint density at radius 2 is 1.82 bits per heavy atom. The number of hydrogen-bond donors (Lipinski definition) is 3. The minimum absolute atomic E-state index is 0.102. The molecule has 1 fully saturated rings. The molecule has 1 saturated carbocycles. The van der Waals surface area contributed by atoms with Crippen molar-refractivity contribution in [2.45, 2.75) is 58.9 Å². The van der Waals surface area contributed by atoms with E-state index >= 15 is 0 Å². The van der Waals surface area contributed by atoms with Gasteiger partial charge in [0.2, 0.25) is 11.8 Å². The molecule has 0 radical (unpaired) electrons. The maximum absolute atomic E-state index is 13.2. The molecule has 3 amide bonds. The summed E-state index contributed by atoms with van der Waals surface area (Å²) in [5.41, 5.74) is 3.50. The van der Waals surface area contributed by atoms with E-state index in [4.69, 9.17) is 9.40 Å². The van der Waals surface area contributed by atoms with E-state index in [0.717, 1.165) is 36.8 Å². The number of nitrogens with one attached hydrogen (secondary N) is 3. The van der Waals surface area contributed by atoms with Crippen molar-refractivity contribution in [3.63, 3.8) is 0 Å². The fourth-order valence-electron chi connectivity index (χ4n) is 4.59. The van der Waals surface area contributed by atoms with Gasteiger partial charge in [0.15, 0.2) is 0 Å². The lowest BCUT2D eigenvalue weighted by Gasteiger charge is -2.22. The molecule has 0 atom stereocenters. The van der Waals surface area contributed by atoms with Crippen LogP contribution in [0.5, 0.6) is 0 Å². The highest BCUT2D eigenvalue weighted by Gasteiger charge is 2.23. The van der Waals surface area contributed by atoms with E-state index in [9.17, 15) is 9.59 Å². The molecule has 0 spiro atoms. The zero-order valence-electron chi connectivity index (χ0n) is 22.1. The molecule has 5 rings (SSSR count). The Kier molecular flexibility index (Phi) is 7.92. The Morgan fingerprint density at radius 3 is 2.56 bits per heavy atom. The first-order valence-corrected chi connectivity index (χ1v) is 13.8. The van der Waals surface area contributed by atoms with Gasteiger partial charge in [-0.05, 0) is 38.8 Å². The van der Waals surface area contributed by atoms with Crippen molar-refractivity contribution in [3.8, 4) is 33.2 Å². The molecule has 39 heavy (non-hydrogen) atoms. The second-order valence-corrected chi connectivity index (χ2v) is 10.4. The maximum Gasteiger partial charge on any atom is 0.320 e. The van der Waals surface area contributed by atoms with Gasteiger partial charge >= 0.3 is 6.03 Å². The van der Waals surface area contributed by atoms with E-state index in [1.807, 2.05) is 19.9 Å². The molecule has 0 bridgehead atoms. The lowest BCUT2D eigenvalue weighted by molar-refractivity contribution is 0.0931. The van der Waals surface area contributed by atoms with Crippen LogP contribution in [0.2, 0.25) is 0 Å². The molecule has 4 aromatic rings. The largest absolute Gasteiger partial charge is 0.421 e. The van der Waals surface area contributed by atoms with Crippen LogP contribution in [0.1, 0.15) is 60.3 Å². The normalized spacial score (nSPS) is 13.7. The molecule has 1 aliphatic carbocycles. The summed E-state index contributed by atoms with van der Waals surface area (Å²) >= 11 is 1.32. The van der Waals surface area contributed by atoms with Gasteiger partial charge in [0.05, 0.1) is 11.3 Å². The molecule has 0 unspecified atom stereocenters. The number of carbonyl (C=O) groups excluding carboxylic acids is 2. The number of carbonyl (C=O) groups is 2. The molecular weight excluding hydrogens is 516 g/mol. The highest BCUT2D eigenvalue weighted by Crippen LogP contribution is 2.37. The molecule has 0 aromatic carbocycles. The lowest BCUT2D eigenvalue weighted by atomic mass is 9.95. The van der Waals surface area contributed by atoms with Crippen LogP contribution in [0.25, 0.3) is 33.2 Å². The van der Waals surface area contributed by atoms with Gasteiger partial charge in [0, 0.05) is 54.8 Å². The topological polar surface area (TPSA) is 148 Å². The van der Waals surface area contributed by atoms with Gasteiger partial charge in [-0.15, -0.1) is 21.5 Å². The number of aryl methyl sites for hydroxylation is 2. The summed E-state index contributed by atoms with van der Waals surface area (Å²) in [6.45, 7) is 5.88. The second kappa shape index (κ2) is 11.7. The van der Waals surface area contributed by atoms with Gasteiger partial charge < -0.3 is 15.1 Å². The Morgan fingerprint density at radius 1 is 1.03 bits per heavy atom. The van der Waals surface area contributed by atoms with Crippen LogP contribution >= 0.6 is 11.3 Å². The molecule has 11 nitrogen and oxygen atoms in total. The zero-order chi connectivity index (χ0) is 27.4. The molecule has 1 aliphatic rings. The van der Waals surface area contributed by atoms with Crippen LogP contribution in [-0.2, 0) is 0 Å². The van der Waals surface area contributed by atoms with Gasteiger partial charge in [-0.1, -0.05) is 19.3 Å². The summed E-state index contributed by atoms with van der Waals surface area (Å²) in [5, 5.41) is 17.3. The average molecular weight is 547 g/mol. The van der Waals surface area contributed by atoms with Crippen molar-refractivity contribution in [2.75, 3.05) is 11.9 Å². The number of pyridine rings is 2. The van der Waals surface area contributed by atoms with Crippen molar-refractivity contribution < 1.29 is 14.0 Å². The standard InChI is InChI=1S/C27H30N8O3S/c1-4-29-27(37)33-22-11-20(26-31-15(2)23(39-26)24(36)32-19-8-6-5-7-9-19)21(14-30-22)17-10-18(13-28-12-17)25-35-34-16(3)38-25/h10-14,19H,4-9H2,1-3H3,(H,32,36)(H2,29,30,33,37). The molecule has 0 saturated heterocycles. The summed E-state index contributed by atoms with van der Waals surface area (Å²) in [6.07, 6.45) is 10.5. The summed E-state index contributed by atoms with van der Waals surface area (Å²) < 4.78 is 5.58. The van der Waals surface area contributed by atoms with Crippen LogP contribution in [-0.4, -0.2) is 49.7 Å². The third-order valence-corrected chi connectivity index (χ3v) is 7.67. The molecule has 3 N–H and O–H groups in total. The summed E-state index contributed by atoms with van der Waals surface area (Å²) in [6, 6.07) is 3.48. The summed E-state index contributed by atoms with van der Waals surface area (Å²) in [7, 11) is 0. The Hall–Kier alpha value is -4.19. The van der Waals surface area contributed by atoms with Gasteiger partial charge in [0.25, 0.3) is 5.91 Å². The number of urea groups is 1. The quantitative estimate of drug-likeness (QED) is 0.289. The average Bonchev–Trinajstić information content (AvgIpc) is 3.55. The number of anilines is 1. The number of aromatic nitrogens is 5. The Labute approximate surface area is 229 Å². The molecule has 4 heterocycles. The molecule has 202 valence electrons. The number of nitrogens with zero attached hydrogens (tertiary/aromatic N) is 5. The minimum atomic E-state index is -0.359. The summed E-state index contributed by atoms with van der Waals surface area (Å²) in [5.74, 6) is 1.07. The van der Waals surface area contributed by atoms with Crippen LogP contribution in [0.4, 0.5) is 10.6 Å². The first kappa shape index (κ1) is 26.4. The van der Waals surface area contributed by atoms with E-state index in [2.05, 4.69) is 36.1 Å². The van der Waals surface area contributed by atoms with E-state index in [1.54, 1.807) is 31.6 Å². The van der Waals surface area contributed by atoms with Crippen molar-refractivity contribution in [1.29, 1.82) is 0 Å². The van der Waals surface area contributed by atoms with Gasteiger partial charge in [-0.3, -0.25) is 15.1 Å². The van der Waals surface area contributed by atoms with Crippen LogP contribution in [0.15, 0.2) is 35.1 Å². The zero-order valence-corrected chi connectivity index (χ0v) is 22.9. The minimum Gasteiger partial charge on any atom is -0.421 e. The number of amides is 3. The fraction of sp³-hybridized carbons (Fsp3) is 0.370. The smallest absolute Gasteiger partial charge is 0.320 e. The third kappa shape index (κ3) is 6.11. The van der Waals surface area contributed by atoms with Crippen molar-refractivity contribution in [1.82, 2.24) is 35.8 Å². The van der Waals surface area contributed by atoms with E-state index in [0.29, 0.717) is 50.8 Å². The van der Waals surface area contributed by atoms with Crippen molar-refractivity contribution >= 4 is 29.1 Å². The number of rotatable bonds is 7. The second-order valence-electron chi connectivity index (χ2n) is 9.43. The highest BCUT2D eigenvalue weighted by atomic mass is 32.1. The highest BCUT2D eigenvalue weighted by molar-refractivity contribution is 7.17. The third-order valence-electron chi connectivity index (χ3n) is 6.48. The van der Waals surface area contributed by atoms with Crippen LogP contribution < -0.4 is 16.0 Å². The fourth-order valence-corrected chi connectivity index (χ4v) is 5.59. The van der Waals surface area contributed by atoms with Crippen LogP contribution in [0, 0.1) is 13.8 Å². The lowest BCUT2D eigenvalue weighted by Crippen LogP contribution is -2.36. The van der Waals surface area contributed by atoms with Gasteiger partial charge in [-0.2, -0.15) is 0 Å². The monoisotopic (exact) mass is 546 g/mol. The van der Waals surface area contributed by atoms with E-state index in [-0.39, 0.29) is 18.0 Å².